The van der Waals surface area contributed by atoms with Gasteiger partial charge in [0.2, 0.25) is 5.89 Å². The van der Waals surface area contributed by atoms with Crippen molar-refractivity contribution in [2.75, 3.05) is 0 Å². The zero-order valence-corrected chi connectivity index (χ0v) is 18.2. The summed E-state index contributed by atoms with van der Waals surface area (Å²) < 4.78 is 18.1. The third-order valence-electron chi connectivity index (χ3n) is 5.01. The van der Waals surface area contributed by atoms with Crippen LogP contribution in [0.3, 0.4) is 0 Å². The van der Waals surface area contributed by atoms with Crippen LogP contribution in [0.5, 0.6) is 0 Å². The SMILES string of the molecule is Cc1oc(-c2ccccc2)nc1COC(=O)/C(=C/c1ccco1)n1nnnc1-c1ccccc1. The highest BCUT2D eigenvalue weighted by atomic mass is 16.5. The lowest BCUT2D eigenvalue weighted by atomic mass is 10.2. The highest BCUT2D eigenvalue weighted by molar-refractivity contribution is 6.15. The molecule has 0 amide bonds. The van der Waals surface area contributed by atoms with Crippen molar-refractivity contribution < 1.29 is 18.4 Å². The number of hydrogen-bond donors (Lipinski definition) is 0. The lowest BCUT2D eigenvalue weighted by Crippen LogP contribution is -2.15. The Hall–Kier alpha value is -4.79. The first kappa shape index (κ1) is 21.1. The topological polar surface area (TPSA) is 109 Å². The van der Waals surface area contributed by atoms with Gasteiger partial charge in [-0.05, 0) is 41.6 Å². The van der Waals surface area contributed by atoms with Crippen LogP contribution in [0.2, 0.25) is 0 Å². The largest absolute Gasteiger partial charge is 0.465 e. The van der Waals surface area contributed by atoms with Crippen LogP contribution in [0.4, 0.5) is 0 Å². The van der Waals surface area contributed by atoms with Crippen LogP contribution >= 0.6 is 0 Å². The molecule has 0 N–H and O–H groups in total. The number of esters is 1. The second-order valence-electron chi connectivity index (χ2n) is 7.29. The van der Waals surface area contributed by atoms with Crippen LogP contribution in [-0.4, -0.2) is 31.2 Å². The van der Waals surface area contributed by atoms with E-state index in [4.69, 9.17) is 13.6 Å². The third kappa shape index (κ3) is 4.40. The molecule has 3 heterocycles. The summed E-state index contributed by atoms with van der Waals surface area (Å²) in [4.78, 5) is 17.7. The number of nitrogens with zero attached hydrogens (tertiary/aromatic N) is 5. The van der Waals surface area contributed by atoms with Crippen LogP contribution in [0.1, 0.15) is 17.2 Å². The Balaban J connectivity index is 1.43. The summed E-state index contributed by atoms with van der Waals surface area (Å²) >= 11 is 0. The molecule has 5 rings (SSSR count). The minimum Gasteiger partial charge on any atom is -0.465 e. The fourth-order valence-electron chi connectivity index (χ4n) is 3.31. The zero-order chi connectivity index (χ0) is 23.3. The van der Waals surface area contributed by atoms with Crippen molar-refractivity contribution in [2.24, 2.45) is 0 Å². The van der Waals surface area contributed by atoms with E-state index in [-0.39, 0.29) is 12.3 Å². The van der Waals surface area contributed by atoms with E-state index in [1.54, 1.807) is 19.1 Å². The number of benzene rings is 2. The molecule has 2 aromatic carbocycles. The third-order valence-corrected chi connectivity index (χ3v) is 5.01. The van der Waals surface area contributed by atoms with Crippen molar-refractivity contribution >= 4 is 17.7 Å². The first-order chi connectivity index (χ1) is 16.7. The van der Waals surface area contributed by atoms with Gasteiger partial charge in [-0.25, -0.2) is 9.78 Å². The summed E-state index contributed by atoms with van der Waals surface area (Å²) in [6, 6.07) is 22.2. The van der Waals surface area contributed by atoms with Crippen LogP contribution < -0.4 is 0 Å². The first-order valence-electron chi connectivity index (χ1n) is 10.5. The molecule has 0 aliphatic rings. The molecule has 0 saturated carbocycles. The highest BCUT2D eigenvalue weighted by Gasteiger charge is 2.22. The van der Waals surface area contributed by atoms with E-state index >= 15 is 0 Å². The molecular formula is C25H19N5O4. The van der Waals surface area contributed by atoms with E-state index in [1.165, 1.54) is 17.0 Å². The normalized spacial score (nSPS) is 11.5. The monoisotopic (exact) mass is 453 g/mol. The molecule has 0 aliphatic carbocycles. The number of aryl methyl sites for hydroxylation is 1. The Morgan fingerprint density at radius 3 is 2.44 bits per heavy atom. The molecule has 0 bridgehead atoms. The predicted octanol–water partition coefficient (Wildman–Crippen LogP) is 4.64. The lowest BCUT2D eigenvalue weighted by Gasteiger charge is -2.09. The van der Waals surface area contributed by atoms with Gasteiger partial charge in [0.25, 0.3) is 0 Å². The van der Waals surface area contributed by atoms with Gasteiger partial charge in [0.05, 0.1) is 6.26 Å². The second kappa shape index (κ2) is 9.37. The molecule has 3 aromatic heterocycles. The van der Waals surface area contributed by atoms with Crippen LogP contribution in [0, 0.1) is 6.92 Å². The van der Waals surface area contributed by atoms with E-state index in [1.807, 2.05) is 60.7 Å². The van der Waals surface area contributed by atoms with Crippen molar-refractivity contribution in [2.45, 2.75) is 13.5 Å². The quantitative estimate of drug-likeness (QED) is 0.259. The molecular weight excluding hydrogens is 434 g/mol. The number of aromatic nitrogens is 5. The molecule has 9 heteroatoms. The van der Waals surface area contributed by atoms with E-state index in [2.05, 4.69) is 20.5 Å². The van der Waals surface area contributed by atoms with Gasteiger partial charge < -0.3 is 13.6 Å². The summed E-state index contributed by atoms with van der Waals surface area (Å²) in [5, 5.41) is 11.9. The van der Waals surface area contributed by atoms with Gasteiger partial charge >= 0.3 is 5.97 Å². The van der Waals surface area contributed by atoms with Gasteiger partial charge in [-0.15, -0.1) is 5.10 Å². The first-order valence-corrected chi connectivity index (χ1v) is 10.5. The minimum absolute atomic E-state index is 0.0840. The van der Waals surface area contributed by atoms with Crippen LogP contribution in [0.15, 0.2) is 87.9 Å². The molecule has 0 fully saturated rings. The summed E-state index contributed by atoms with van der Waals surface area (Å²) in [6.45, 7) is 1.69. The van der Waals surface area contributed by atoms with Gasteiger partial charge in [0.15, 0.2) is 11.5 Å². The van der Waals surface area contributed by atoms with Crippen molar-refractivity contribution in [3.8, 4) is 22.8 Å². The predicted molar refractivity (Wildman–Crippen MR) is 123 cm³/mol. The number of carbonyl (C=O) groups excluding carboxylic acids is 1. The molecule has 5 aromatic rings. The summed E-state index contributed by atoms with van der Waals surface area (Å²) in [5.74, 6) is 1.22. The smallest absolute Gasteiger partial charge is 0.357 e. The average molecular weight is 453 g/mol. The number of hydrogen-bond acceptors (Lipinski definition) is 8. The van der Waals surface area contributed by atoms with Gasteiger partial charge in [0, 0.05) is 17.2 Å². The van der Waals surface area contributed by atoms with Gasteiger partial charge in [-0.1, -0.05) is 48.5 Å². The Morgan fingerprint density at radius 1 is 1.00 bits per heavy atom. The van der Waals surface area contributed by atoms with Gasteiger partial charge in [-0.3, -0.25) is 0 Å². The fourth-order valence-corrected chi connectivity index (χ4v) is 3.31. The molecule has 0 radical (unpaired) electrons. The molecule has 168 valence electrons. The highest BCUT2D eigenvalue weighted by Crippen LogP contribution is 2.24. The molecule has 0 atom stereocenters. The van der Waals surface area contributed by atoms with Crippen LogP contribution in [0.25, 0.3) is 34.6 Å². The lowest BCUT2D eigenvalue weighted by molar-refractivity contribution is -0.138. The Kier molecular flexibility index (Phi) is 5.81. The second-order valence-corrected chi connectivity index (χ2v) is 7.29. The van der Waals surface area contributed by atoms with Crippen LogP contribution in [-0.2, 0) is 16.1 Å². The Labute approximate surface area is 194 Å². The maximum Gasteiger partial charge on any atom is 0.357 e. The number of rotatable bonds is 7. The van der Waals surface area contributed by atoms with Crippen molar-refractivity contribution in [1.82, 2.24) is 25.2 Å². The molecule has 34 heavy (non-hydrogen) atoms. The number of ether oxygens (including phenoxy) is 1. The Morgan fingerprint density at radius 2 is 1.74 bits per heavy atom. The molecule has 0 aliphatic heterocycles. The Bertz CT molecular complexity index is 1420. The minimum atomic E-state index is -0.649. The maximum atomic E-state index is 13.2. The zero-order valence-electron chi connectivity index (χ0n) is 18.2. The fraction of sp³-hybridized carbons (Fsp3) is 0.0800. The van der Waals surface area contributed by atoms with E-state index in [0.717, 1.165) is 11.1 Å². The molecule has 0 saturated heterocycles. The summed E-state index contributed by atoms with van der Waals surface area (Å²) in [7, 11) is 0. The summed E-state index contributed by atoms with van der Waals surface area (Å²) in [6.07, 6.45) is 3.03. The van der Waals surface area contributed by atoms with Gasteiger partial charge in [0.1, 0.15) is 23.8 Å². The molecule has 0 unspecified atom stereocenters. The van der Waals surface area contributed by atoms with Gasteiger partial charge in [-0.2, -0.15) is 4.68 Å². The number of furan rings is 1. The average Bonchev–Trinajstić information content (AvgIpc) is 3.64. The number of carbonyl (C=O) groups is 1. The standard InChI is InChI=1S/C25H19N5O4/c1-17-21(26-24(34-17)19-11-6-3-7-12-19)16-33-25(31)22(15-20-13-8-14-32-20)30-23(27-28-29-30)18-9-4-2-5-10-18/h2-15H,16H2,1H3/b22-15-. The van der Waals surface area contributed by atoms with E-state index < -0.39 is 5.97 Å². The maximum absolute atomic E-state index is 13.2. The van der Waals surface area contributed by atoms with E-state index in [9.17, 15) is 4.79 Å². The molecule has 0 spiro atoms. The van der Waals surface area contributed by atoms with E-state index in [0.29, 0.717) is 28.9 Å². The van der Waals surface area contributed by atoms with Crippen molar-refractivity contribution in [1.29, 1.82) is 0 Å². The van der Waals surface area contributed by atoms with Crippen molar-refractivity contribution in [3.05, 3.63) is 96.3 Å². The molecule has 9 nitrogen and oxygen atoms in total. The number of tetrazole rings is 1. The summed E-state index contributed by atoms with van der Waals surface area (Å²) in [5.41, 5.74) is 2.18. The van der Waals surface area contributed by atoms with Crippen molar-refractivity contribution in [3.63, 3.8) is 0 Å². The number of oxazole rings is 1.